The number of rotatable bonds is 5. The first kappa shape index (κ1) is 15.2. The van der Waals surface area contributed by atoms with E-state index < -0.39 is 0 Å². The van der Waals surface area contributed by atoms with Gasteiger partial charge < -0.3 is 5.32 Å². The summed E-state index contributed by atoms with van der Waals surface area (Å²) in [5, 5.41) is 2.93. The second-order valence-corrected chi connectivity index (χ2v) is 4.89. The van der Waals surface area contributed by atoms with E-state index in [-0.39, 0.29) is 0 Å². The fourth-order valence-electron chi connectivity index (χ4n) is 2.23. The van der Waals surface area contributed by atoms with Crippen molar-refractivity contribution in [2.24, 2.45) is 0 Å². The van der Waals surface area contributed by atoms with Crippen molar-refractivity contribution in [1.82, 2.24) is 14.5 Å². The van der Waals surface area contributed by atoms with Crippen LogP contribution in [0.3, 0.4) is 0 Å². The number of terminal acetylenes is 1. The molecular formula is C16H18N4S. The van der Waals surface area contributed by atoms with Crippen LogP contribution in [-0.4, -0.2) is 21.1 Å². The molecule has 1 aromatic carbocycles. The van der Waals surface area contributed by atoms with E-state index in [1.54, 1.807) is 6.33 Å². The number of benzene rings is 1. The Hall–Kier alpha value is -2.19. The van der Waals surface area contributed by atoms with Crippen LogP contribution < -0.4 is 5.32 Å². The molecule has 0 amide bonds. The summed E-state index contributed by atoms with van der Waals surface area (Å²) in [7, 11) is 0. The molecule has 108 valence electrons. The second-order valence-electron chi connectivity index (χ2n) is 4.52. The fraction of sp³-hybridized carbons (Fsp3) is 0.312. The zero-order valence-corrected chi connectivity index (χ0v) is 13.1. The maximum atomic E-state index is 5.41. The summed E-state index contributed by atoms with van der Waals surface area (Å²) < 4.78 is 2.34. The van der Waals surface area contributed by atoms with Crippen LogP contribution in [0.2, 0.25) is 0 Å². The topological polar surface area (TPSA) is 42.7 Å². The highest BCUT2D eigenvalue weighted by Crippen LogP contribution is 2.21. The third-order valence-corrected chi connectivity index (χ3v) is 3.55. The van der Waals surface area contributed by atoms with Gasteiger partial charge in [-0.2, -0.15) is 4.98 Å². The van der Waals surface area contributed by atoms with Gasteiger partial charge in [0.1, 0.15) is 6.33 Å². The van der Waals surface area contributed by atoms with E-state index in [2.05, 4.69) is 53.3 Å². The van der Waals surface area contributed by atoms with E-state index in [1.165, 1.54) is 11.1 Å². The Bertz CT molecular complexity index is 706. The minimum absolute atomic E-state index is 0.380. The SMILES string of the molecule is C#CCNc1ncn(-c2c(CC)cccc2CC)c(=S)n1. The lowest BCUT2D eigenvalue weighted by molar-refractivity contribution is 0.864. The quantitative estimate of drug-likeness (QED) is 0.680. The average molecular weight is 298 g/mol. The van der Waals surface area contributed by atoms with Crippen molar-refractivity contribution >= 4 is 18.2 Å². The van der Waals surface area contributed by atoms with E-state index in [4.69, 9.17) is 18.6 Å². The molecule has 0 aliphatic rings. The van der Waals surface area contributed by atoms with Gasteiger partial charge in [0.05, 0.1) is 12.2 Å². The number of para-hydroxylation sites is 1. The third kappa shape index (κ3) is 3.29. The molecule has 2 rings (SSSR count). The molecule has 0 saturated carbocycles. The van der Waals surface area contributed by atoms with E-state index >= 15 is 0 Å². The minimum Gasteiger partial charge on any atom is -0.343 e. The van der Waals surface area contributed by atoms with Crippen LogP contribution in [0.1, 0.15) is 25.0 Å². The van der Waals surface area contributed by atoms with Gasteiger partial charge in [0.2, 0.25) is 10.7 Å². The molecule has 1 aromatic heterocycles. The Morgan fingerprint density at radius 2 is 1.95 bits per heavy atom. The number of aryl methyl sites for hydroxylation is 2. The van der Waals surface area contributed by atoms with E-state index in [1.807, 2.05) is 4.57 Å². The van der Waals surface area contributed by atoms with E-state index in [0.29, 0.717) is 17.3 Å². The first-order valence-corrected chi connectivity index (χ1v) is 7.36. The molecule has 1 N–H and O–H groups in total. The normalized spacial score (nSPS) is 10.1. The molecular weight excluding hydrogens is 280 g/mol. The van der Waals surface area contributed by atoms with Crippen LogP contribution in [0.5, 0.6) is 0 Å². The summed E-state index contributed by atoms with van der Waals surface area (Å²) in [6.07, 6.45) is 8.79. The van der Waals surface area contributed by atoms with Crippen molar-refractivity contribution < 1.29 is 0 Å². The van der Waals surface area contributed by atoms with Crippen LogP contribution in [0.4, 0.5) is 5.95 Å². The van der Waals surface area contributed by atoms with Gasteiger partial charge >= 0.3 is 0 Å². The van der Waals surface area contributed by atoms with Crippen molar-refractivity contribution in [3.63, 3.8) is 0 Å². The highest BCUT2D eigenvalue weighted by atomic mass is 32.1. The van der Waals surface area contributed by atoms with Crippen molar-refractivity contribution in [3.05, 3.63) is 40.4 Å². The molecule has 0 aliphatic carbocycles. The molecule has 2 aromatic rings. The van der Waals surface area contributed by atoms with Crippen LogP contribution in [0.15, 0.2) is 24.5 Å². The zero-order valence-electron chi connectivity index (χ0n) is 12.3. The molecule has 0 spiro atoms. The summed E-state index contributed by atoms with van der Waals surface area (Å²) in [5.41, 5.74) is 3.56. The summed E-state index contributed by atoms with van der Waals surface area (Å²) in [4.78, 5) is 8.58. The van der Waals surface area contributed by atoms with Crippen molar-refractivity contribution in [2.75, 3.05) is 11.9 Å². The van der Waals surface area contributed by atoms with Gasteiger partial charge in [-0.05, 0) is 36.2 Å². The molecule has 0 radical (unpaired) electrons. The van der Waals surface area contributed by atoms with Gasteiger partial charge in [-0.3, -0.25) is 4.57 Å². The summed E-state index contributed by atoms with van der Waals surface area (Å²) in [6, 6.07) is 6.30. The summed E-state index contributed by atoms with van der Waals surface area (Å²) in [6.45, 7) is 4.64. The Kier molecular flexibility index (Phi) is 5.07. The first-order valence-electron chi connectivity index (χ1n) is 6.95. The predicted molar refractivity (Wildman–Crippen MR) is 88.3 cm³/mol. The van der Waals surface area contributed by atoms with Crippen LogP contribution in [-0.2, 0) is 12.8 Å². The van der Waals surface area contributed by atoms with Crippen molar-refractivity contribution in [3.8, 4) is 18.0 Å². The monoisotopic (exact) mass is 298 g/mol. The lowest BCUT2D eigenvalue weighted by atomic mass is 10.0. The van der Waals surface area contributed by atoms with Gasteiger partial charge in [-0.1, -0.05) is 38.0 Å². The van der Waals surface area contributed by atoms with Gasteiger partial charge in [0.15, 0.2) is 0 Å². The zero-order chi connectivity index (χ0) is 15.2. The molecule has 0 fully saturated rings. The lowest BCUT2D eigenvalue weighted by Crippen LogP contribution is -2.10. The number of anilines is 1. The Labute approximate surface area is 130 Å². The minimum atomic E-state index is 0.380. The maximum Gasteiger partial charge on any atom is 0.227 e. The average Bonchev–Trinajstić information content (AvgIpc) is 2.52. The number of nitrogens with zero attached hydrogens (tertiary/aromatic N) is 3. The molecule has 5 heteroatoms. The van der Waals surface area contributed by atoms with Gasteiger partial charge in [0.25, 0.3) is 0 Å². The maximum absolute atomic E-state index is 5.41. The summed E-state index contributed by atoms with van der Waals surface area (Å²) >= 11 is 5.41. The molecule has 0 atom stereocenters. The molecule has 0 unspecified atom stereocenters. The second kappa shape index (κ2) is 7.00. The van der Waals surface area contributed by atoms with Crippen molar-refractivity contribution in [1.29, 1.82) is 0 Å². The standard InChI is InChI=1S/C16H18N4S/c1-4-10-17-15-18-11-20(16(21)19-15)14-12(5-2)8-7-9-13(14)6-3/h1,7-9,11H,5-6,10H2,2-3H3,(H,17,19,21). The van der Waals surface area contributed by atoms with Crippen LogP contribution in [0, 0.1) is 17.1 Å². The molecule has 0 aliphatic heterocycles. The fourth-order valence-corrected chi connectivity index (χ4v) is 2.45. The largest absolute Gasteiger partial charge is 0.343 e. The Balaban J connectivity index is 2.53. The number of hydrogen-bond acceptors (Lipinski definition) is 4. The summed E-state index contributed by atoms with van der Waals surface area (Å²) in [5.74, 6) is 2.95. The van der Waals surface area contributed by atoms with Crippen LogP contribution >= 0.6 is 12.2 Å². The van der Waals surface area contributed by atoms with Gasteiger partial charge in [-0.15, -0.1) is 6.42 Å². The molecule has 0 bridgehead atoms. The highest BCUT2D eigenvalue weighted by molar-refractivity contribution is 7.71. The lowest BCUT2D eigenvalue weighted by Gasteiger charge is -2.15. The first-order chi connectivity index (χ1) is 10.2. The molecule has 4 nitrogen and oxygen atoms in total. The predicted octanol–water partition coefficient (Wildman–Crippen LogP) is 3.17. The Morgan fingerprint density at radius 1 is 1.29 bits per heavy atom. The van der Waals surface area contributed by atoms with E-state index in [9.17, 15) is 0 Å². The Morgan fingerprint density at radius 3 is 2.48 bits per heavy atom. The van der Waals surface area contributed by atoms with Crippen LogP contribution in [0.25, 0.3) is 5.69 Å². The number of nitrogens with one attached hydrogen (secondary N) is 1. The van der Waals surface area contributed by atoms with Gasteiger partial charge in [-0.25, -0.2) is 4.98 Å². The molecule has 1 heterocycles. The highest BCUT2D eigenvalue weighted by Gasteiger charge is 2.10. The molecule has 0 saturated heterocycles. The number of aromatic nitrogens is 3. The van der Waals surface area contributed by atoms with Crippen molar-refractivity contribution in [2.45, 2.75) is 26.7 Å². The van der Waals surface area contributed by atoms with E-state index in [0.717, 1.165) is 18.5 Å². The smallest absolute Gasteiger partial charge is 0.227 e. The number of hydrogen-bond donors (Lipinski definition) is 1. The third-order valence-electron chi connectivity index (χ3n) is 3.26. The molecule has 21 heavy (non-hydrogen) atoms. The van der Waals surface area contributed by atoms with Gasteiger partial charge in [0, 0.05) is 0 Å².